The van der Waals surface area contributed by atoms with Crippen LogP contribution in [0.1, 0.15) is 102 Å². The number of nitrogens with two attached hydrogens (primary N) is 1. The fourth-order valence-electron chi connectivity index (χ4n) is 3.58. The molecular formula is C23H36I3NO2. The third kappa shape index (κ3) is 13.0. The summed E-state index contributed by atoms with van der Waals surface area (Å²) in [7, 11) is 0. The topological polar surface area (TPSA) is 63.3 Å². The highest BCUT2D eigenvalue weighted by atomic mass is 127. The third-order valence-corrected chi connectivity index (χ3v) is 8.46. The standard InChI is InChI=1S/C23H36I3NO2/c24-19-17-20(25)23(27)22(26)18(19)15-13-11-9-7-5-3-1-2-4-6-8-10-12-14-16-21(28)29/h17H,1-16,27H2,(H,28,29). The van der Waals surface area contributed by atoms with Crippen molar-refractivity contribution in [1.29, 1.82) is 0 Å². The molecule has 0 saturated heterocycles. The van der Waals surface area contributed by atoms with Crippen molar-refractivity contribution in [3.8, 4) is 0 Å². The maximum atomic E-state index is 10.4. The summed E-state index contributed by atoms with van der Waals surface area (Å²) >= 11 is 7.17. The summed E-state index contributed by atoms with van der Waals surface area (Å²) in [4.78, 5) is 10.4. The Labute approximate surface area is 218 Å². The zero-order valence-corrected chi connectivity index (χ0v) is 23.9. The second kappa shape index (κ2) is 17.3. The number of carboxylic acids is 1. The van der Waals surface area contributed by atoms with E-state index in [1.54, 1.807) is 0 Å². The van der Waals surface area contributed by atoms with Gasteiger partial charge < -0.3 is 10.8 Å². The molecule has 0 unspecified atom stereocenters. The predicted molar refractivity (Wildman–Crippen MR) is 150 cm³/mol. The molecule has 0 aliphatic rings. The molecule has 29 heavy (non-hydrogen) atoms. The van der Waals surface area contributed by atoms with Gasteiger partial charge in [-0.25, -0.2) is 0 Å². The zero-order chi connectivity index (χ0) is 21.5. The van der Waals surface area contributed by atoms with Gasteiger partial charge in [-0.2, -0.15) is 0 Å². The largest absolute Gasteiger partial charge is 0.481 e. The molecular weight excluding hydrogens is 703 g/mol. The molecule has 0 bridgehead atoms. The average molecular weight is 739 g/mol. The van der Waals surface area contributed by atoms with Crippen LogP contribution in [0.25, 0.3) is 0 Å². The van der Waals surface area contributed by atoms with Crippen molar-refractivity contribution in [3.05, 3.63) is 22.3 Å². The molecule has 0 spiro atoms. The van der Waals surface area contributed by atoms with Crippen molar-refractivity contribution >= 4 is 79.4 Å². The highest BCUT2D eigenvalue weighted by molar-refractivity contribution is 14.1. The van der Waals surface area contributed by atoms with Gasteiger partial charge in [0.1, 0.15) is 0 Å². The Morgan fingerprint density at radius 1 is 0.724 bits per heavy atom. The van der Waals surface area contributed by atoms with Crippen molar-refractivity contribution in [1.82, 2.24) is 0 Å². The molecule has 0 aromatic heterocycles. The lowest BCUT2D eigenvalue weighted by Gasteiger charge is -2.11. The van der Waals surface area contributed by atoms with E-state index >= 15 is 0 Å². The van der Waals surface area contributed by atoms with E-state index in [0.29, 0.717) is 6.42 Å². The van der Waals surface area contributed by atoms with Crippen LogP contribution in [-0.4, -0.2) is 11.1 Å². The Morgan fingerprint density at radius 3 is 1.59 bits per heavy atom. The minimum Gasteiger partial charge on any atom is -0.481 e. The molecule has 0 aliphatic heterocycles. The molecule has 0 fully saturated rings. The summed E-state index contributed by atoms with van der Waals surface area (Å²) < 4.78 is 3.76. The van der Waals surface area contributed by atoms with Crippen molar-refractivity contribution in [2.24, 2.45) is 0 Å². The molecule has 0 radical (unpaired) electrons. The third-order valence-electron chi connectivity index (χ3n) is 5.37. The Hall–Kier alpha value is 0.680. The first-order valence-electron chi connectivity index (χ1n) is 11.1. The van der Waals surface area contributed by atoms with Crippen LogP contribution in [0.3, 0.4) is 0 Å². The normalized spacial score (nSPS) is 11.1. The number of aliphatic carboxylic acids is 1. The molecule has 3 nitrogen and oxygen atoms in total. The quantitative estimate of drug-likeness (QED) is 0.0957. The van der Waals surface area contributed by atoms with Crippen LogP contribution < -0.4 is 5.73 Å². The Balaban J connectivity index is 1.91. The van der Waals surface area contributed by atoms with Crippen LogP contribution in [0.2, 0.25) is 0 Å². The van der Waals surface area contributed by atoms with Gasteiger partial charge in [-0.1, -0.05) is 77.0 Å². The van der Waals surface area contributed by atoms with Crippen molar-refractivity contribution in [2.75, 3.05) is 5.73 Å². The number of benzene rings is 1. The molecule has 1 aromatic carbocycles. The first-order valence-corrected chi connectivity index (χ1v) is 14.3. The Bertz CT molecular complexity index is 608. The van der Waals surface area contributed by atoms with E-state index < -0.39 is 5.97 Å². The summed E-state index contributed by atoms with van der Waals surface area (Å²) in [5.74, 6) is -0.661. The second-order valence-corrected chi connectivity index (χ2v) is 11.3. The Kier molecular flexibility index (Phi) is 16.5. The molecule has 1 aromatic rings. The summed E-state index contributed by atoms with van der Waals surface area (Å²) in [6.45, 7) is 0. The number of nitrogen functional groups attached to an aromatic ring is 1. The maximum absolute atomic E-state index is 10.4. The van der Waals surface area contributed by atoms with Crippen LogP contribution in [0.5, 0.6) is 0 Å². The van der Waals surface area contributed by atoms with E-state index in [1.807, 2.05) is 0 Å². The van der Waals surface area contributed by atoms with Gasteiger partial charge in [-0.15, -0.1) is 0 Å². The fraction of sp³-hybridized carbons (Fsp3) is 0.696. The van der Waals surface area contributed by atoms with Gasteiger partial charge in [0.25, 0.3) is 0 Å². The first kappa shape index (κ1) is 27.7. The summed E-state index contributed by atoms with van der Waals surface area (Å²) in [6, 6.07) is 2.20. The SMILES string of the molecule is Nc1c(I)cc(I)c(CCCCCCCCCCCCCCCCC(=O)O)c1I. The van der Waals surface area contributed by atoms with Crippen molar-refractivity contribution < 1.29 is 9.90 Å². The molecule has 0 atom stereocenters. The fourth-order valence-corrected chi connectivity index (χ4v) is 7.49. The highest BCUT2D eigenvalue weighted by Gasteiger charge is 2.11. The number of hydrogen-bond acceptors (Lipinski definition) is 2. The number of anilines is 1. The van der Waals surface area contributed by atoms with Gasteiger partial charge in [-0.05, 0) is 98.7 Å². The second-order valence-electron chi connectivity index (χ2n) is 7.89. The molecule has 6 heteroatoms. The molecule has 3 N–H and O–H groups in total. The smallest absolute Gasteiger partial charge is 0.303 e. The number of rotatable bonds is 17. The lowest BCUT2D eigenvalue weighted by atomic mass is 10.0. The van der Waals surface area contributed by atoms with Crippen LogP contribution in [0.4, 0.5) is 5.69 Å². The average Bonchev–Trinajstić information content (AvgIpc) is 2.67. The van der Waals surface area contributed by atoms with E-state index in [9.17, 15) is 4.79 Å². The number of hydrogen-bond donors (Lipinski definition) is 2. The lowest BCUT2D eigenvalue weighted by molar-refractivity contribution is -0.137. The van der Waals surface area contributed by atoms with Gasteiger partial charge >= 0.3 is 5.97 Å². The van der Waals surface area contributed by atoms with Crippen molar-refractivity contribution in [2.45, 2.75) is 103 Å². The minimum atomic E-state index is -0.661. The van der Waals surface area contributed by atoms with E-state index in [4.69, 9.17) is 10.8 Å². The van der Waals surface area contributed by atoms with Gasteiger partial charge in [0, 0.05) is 17.1 Å². The summed E-state index contributed by atoms with van der Waals surface area (Å²) in [5, 5.41) is 8.60. The summed E-state index contributed by atoms with van der Waals surface area (Å²) in [6.07, 6.45) is 19.3. The molecule has 0 amide bonds. The first-order chi connectivity index (χ1) is 13.9. The number of halogens is 3. The highest BCUT2D eigenvalue weighted by Crippen LogP contribution is 2.30. The predicted octanol–water partition coefficient (Wildman–Crippen LogP) is 8.56. The molecule has 1 rings (SSSR count). The summed E-state index contributed by atoms with van der Waals surface area (Å²) in [5.41, 5.74) is 8.56. The van der Waals surface area contributed by atoms with E-state index in [0.717, 1.165) is 28.5 Å². The lowest BCUT2D eigenvalue weighted by Crippen LogP contribution is -2.02. The van der Waals surface area contributed by atoms with Crippen LogP contribution in [0.15, 0.2) is 6.07 Å². The van der Waals surface area contributed by atoms with Crippen molar-refractivity contribution in [3.63, 3.8) is 0 Å². The molecule has 0 heterocycles. The van der Waals surface area contributed by atoms with Gasteiger partial charge in [0.2, 0.25) is 0 Å². The van der Waals surface area contributed by atoms with Gasteiger partial charge in [-0.3, -0.25) is 4.79 Å². The minimum absolute atomic E-state index is 0.332. The number of carbonyl (C=O) groups is 1. The Morgan fingerprint density at radius 2 is 1.14 bits per heavy atom. The van der Waals surface area contributed by atoms with Crippen LogP contribution >= 0.6 is 67.8 Å². The van der Waals surface area contributed by atoms with Crippen LogP contribution in [0, 0.1) is 10.7 Å². The molecule has 0 saturated carbocycles. The van der Waals surface area contributed by atoms with Gasteiger partial charge in [0.15, 0.2) is 0 Å². The maximum Gasteiger partial charge on any atom is 0.303 e. The monoisotopic (exact) mass is 739 g/mol. The zero-order valence-electron chi connectivity index (χ0n) is 17.5. The van der Waals surface area contributed by atoms with Crippen LogP contribution in [-0.2, 0) is 11.2 Å². The number of unbranched alkanes of at least 4 members (excludes halogenated alkanes) is 13. The van der Waals surface area contributed by atoms with Gasteiger partial charge in [0.05, 0.1) is 5.69 Å². The van der Waals surface area contributed by atoms with E-state index in [-0.39, 0.29) is 0 Å². The number of carboxylic acid groups (broad SMARTS) is 1. The van der Waals surface area contributed by atoms with E-state index in [1.165, 1.54) is 89.8 Å². The molecule has 0 aliphatic carbocycles. The van der Waals surface area contributed by atoms with E-state index in [2.05, 4.69) is 73.8 Å². The molecule has 166 valence electrons.